The lowest BCUT2D eigenvalue weighted by Crippen LogP contribution is -2.23. The molecule has 5 heteroatoms. The minimum atomic E-state index is 0.201. The molecule has 0 saturated heterocycles. The Morgan fingerprint density at radius 3 is 2.88 bits per heavy atom. The number of methoxy groups -OCH3 is 1. The Balaban J connectivity index is 2.92. The summed E-state index contributed by atoms with van der Waals surface area (Å²) in [5.74, 6) is 0. The highest BCUT2D eigenvalue weighted by atomic mass is 79.9. The molecule has 0 fully saturated rings. The minimum Gasteiger partial charge on any atom is -0.389 e. The first-order chi connectivity index (χ1) is 7.54. The number of rotatable bonds is 5. The second-order valence-electron chi connectivity index (χ2n) is 3.55. The number of nitrogens with one attached hydrogen (secondary N) is 1. The van der Waals surface area contributed by atoms with E-state index in [1.165, 1.54) is 0 Å². The molecule has 0 bridgehead atoms. The molecule has 0 amide bonds. The summed E-state index contributed by atoms with van der Waals surface area (Å²) >= 11 is 8.42. The van der Waals surface area contributed by atoms with Gasteiger partial charge in [-0.1, -0.05) is 28.1 Å². The summed E-state index contributed by atoms with van der Waals surface area (Å²) in [4.78, 5) is 0.389. The number of ether oxygens (including phenoxy) is 1. The standard InChI is InChI=1S/C11H15BrN2OS/c1-7(6-15-2)14-10-5-8(12)3-4-9(10)11(13)16/h3-5,7,14H,6H2,1-2H3,(H2,13,16). The van der Waals surface area contributed by atoms with Gasteiger partial charge in [-0.2, -0.15) is 0 Å². The molecule has 1 atom stereocenters. The normalized spacial score (nSPS) is 12.2. The molecule has 0 radical (unpaired) electrons. The Labute approximate surface area is 109 Å². The van der Waals surface area contributed by atoms with Crippen molar-refractivity contribution in [2.75, 3.05) is 19.0 Å². The average molecular weight is 303 g/mol. The van der Waals surface area contributed by atoms with Crippen molar-refractivity contribution in [3.05, 3.63) is 28.2 Å². The fraction of sp³-hybridized carbons (Fsp3) is 0.364. The van der Waals surface area contributed by atoms with E-state index in [0.717, 1.165) is 15.7 Å². The van der Waals surface area contributed by atoms with Crippen LogP contribution in [0.15, 0.2) is 22.7 Å². The highest BCUT2D eigenvalue weighted by molar-refractivity contribution is 9.10. The van der Waals surface area contributed by atoms with E-state index in [1.54, 1.807) is 7.11 Å². The number of hydrogen-bond donors (Lipinski definition) is 2. The van der Waals surface area contributed by atoms with Crippen molar-refractivity contribution in [2.45, 2.75) is 13.0 Å². The van der Waals surface area contributed by atoms with Gasteiger partial charge in [0.25, 0.3) is 0 Å². The Morgan fingerprint density at radius 2 is 2.31 bits per heavy atom. The van der Waals surface area contributed by atoms with Crippen LogP contribution in [0.25, 0.3) is 0 Å². The van der Waals surface area contributed by atoms with Gasteiger partial charge in [0.15, 0.2) is 0 Å². The second kappa shape index (κ2) is 6.18. The first-order valence-electron chi connectivity index (χ1n) is 4.89. The van der Waals surface area contributed by atoms with Gasteiger partial charge in [-0.25, -0.2) is 0 Å². The van der Waals surface area contributed by atoms with Crippen molar-refractivity contribution >= 4 is 38.8 Å². The Morgan fingerprint density at radius 1 is 1.62 bits per heavy atom. The number of thiocarbonyl (C=S) groups is 1. The maximum absolute atomic E-state index is 5.66. The first kappa shape index (κ1) is 13.4. The molecule has 0 aliphatic heterocycles. The van der Waals surface area contributed by atoms with Crippen LogP contribution in [-0.2, 0) is 4.74 Å². The van der Waals surface area contributed by atoms with Crippen molar-refractivity contribution in [1.29, 1.82) is 0 Å². The summed E-state index contributed by atoms with van der Waals surface area (Å²) in [7, 11) is 1.67. The van der Waals surface area contributed by atoms with E-state index in [0.29, 0.717) is 11.6 Å². The van der Waals surface area contributed by atoms with Gasteiger partial charge in [-0.3, -0.25) is 0 Å². The summed E-state index contributed by atoms with van der Waals surface area (Å²) in [5, 5.41) is 3.31. The summed E-state index contributed by atoms with van der Waals surface area (Å²) in [6.07, 6.45) is 0. The molecular formula is C11H15BrN2OS. The second-order valence-corrected chi connectivity index (χ2v) is 4.91. The molecule has 3 N–H and O–H groups in total. The summed E-state index contributed by atoms with van der Waals surface area (Å²) in [6.45, 7) is 2.66. The Hall–Kier alpha value is -0.650. The summed E-state index contributed by atoms with van der Waals surface area (Å²) in [6, 6.07) is 5.97. The highest BCUT2D eigenvalue weighted by Gasteiger charge is 2.08. The molecule has 0 heterocycles. The summed E-state index contributed by atoms with van der Waals surface area (Å²) < 4.78 is 6.05. The first-order valence-corrected chi connectivity index (χ1v) is 6.09. The van der Waals surface area contributed by atoms with Crippen LogP contribution in [0.4, 0.5) is 5.69 Å². The van der Waals surface area contributed by atoms with Crippen molar-refractivity contribution < 1.29 is 4.74 Å². The van der Waals surface area contributed by atoms with Gasteiger partial charge in [0.05, 0.1) is 6.61 Å². The predicted molar refractivity (Wildman–Crippen MR) is 75.0 cm³/mol. The minimum absolute atomic E-state index is 0.201. The fourth-order valence-electron chi connectivity index (χ4n) is 1.41. The predicted octanol–water partition coefficient (Wildman–Crippen LogP) is 2.53. The monoisotopic (exact) mass is 302 g/mol. The van der Waals surface area contributed by atoms with E-state index >= 15 is 0 Å². The number of nitrogens with two attached hydrogens (primary N) is 1. The van der Waals surface area contributed by atoms with Gasteiger partial charge in [0, 0.05) is 28.9 Å². The zero-order valence-electron chi connectivity index (χ0n) is 9.29. The number of anilines is 1. The topological polar surface area (TPSA) is 47.3 Å². The fourth-order valence-corrected chi connectivity index (χ4v) is 1.95. The maximum atomic E-state index is 5.66. The molecule has 16 heavy (non-hydrogen) atoms. The molecule has 1 aromatic carbocycles. The van der Waals surface area contributed by atoms with Gasteiger partial charge in [-0.15, -0.1) is 0 Å². The maximum Gasteiger partial charge on any atom is 0.106 e. The smallest absolute Gasteiger partial charge is 0.106 e. The zero-order chi connectivity index (χ0) is 12.1. The van der Waals surface area contributed by atoms with Gasteiger partial charge in [0.1, 0.15) is 4.99 Å². The SMILES string of the molecule is COCC(C)Nc1cc(Br)ccc1C(N)=S. The van der Waals surface area contributed by atoms with E-state index in [4.69, 9.17) is 22.7 Å². The van der Waals surface area contributed by atoms with Gasteiger partial charge in [0.2, 0.25) is 0 Å². The molecule has 0 spiro atoms. The van der Waals surface area contributed by atoms with Crippen LogP contribution in [0.2, 0.25) is 0 Å². The van der Waals surface area contributed by atoms with Crippen LogP contribution < -0.4 is 11.1 Å². The molecule has 1 rings (SSSR count). The van der Waals surface area contributed by atoms with Crippen LogP contribution in [-0.4, -0.2) is 24.7 Å². The average Bonchev–Trinajstić information content (AvgIpc) is 2.17. The van der Waals surface area contributed by atoms with Crippen molar-refractivity contribution in [2.24, 2.45) is 5.73 Å². The third-order valence-corrected chi connectivity index (χ3v) is 2.78. The Kier molecular flexibility index (Phi) is 5.18. The number of benzene rings is 1. The summed E-state index contributed by atoms with van der Waals surface area (Å²) in [5.41, 5.74) is 7.43. The van der Waals surface area contributed by atoms with E-state index in [9.17, 15) is 0 Å². The van der Waals surface area contributed by atoms with Crippen LogP contribution in [0.3, 0.4) is 0 Å². The lowest BCUT2D eigenvalue weighted by atomic mass is 10.1. The van der Waals surface area contributed by atoms with Crippen molar-refractivity contribution in [1.82, 2.24) is 0 Å². The van der Waals surface area contributed by atoms with Crippen molar-refractivity contribution in [3.63, 3.8) is 0 Å². The molecule has 0 saturated carbocycles. The van der Waals surface area contributed by atoms with E-state index < -0.39 is 0 Å². The molecule has 0 aliphatic carbocycles. The van der Waals surface area contributed by atoms with Crippen LogP contribution in [0.1, 0.15) is 12.5 Å². The lowest BCUT2D eigenvalue weighted by molar-refractivity contribution is 0.190. The lowest BCUT2D eigenvalue weighted by Gasteiger charge is -2.17. The largest absolute Gasteiger partial charge is 0.389 e. The number of hydrogen-bond acceptors (Lipinski definition) is 3. The molecule has 88 valence electrons. The third-order valence-electron chi connectivity index (χ3n) is 2.07. The molecule has 0 aliphatic rings. The highest BCUT2D eigenvalue weighted by Crippen LogP contribution is 2.22. The van der Waals surface area contributed by atoms with E-state index in [1.807, 2.05) is 25.1 Å². The molecule has 1 unspecified atom stereocenters. The van der Waals surface area contributed by atoms with E-state index in [2.05, 4.69) is 21.2 Å². The van der Waals surface area contributed by atoms with Gasteiger partial charge >= 0.3 is 0 Å². The van der Waals surface area contributed by atoms with Gasteiger partial charge in [-0.05, 0) is 25.1 Å². The van der Waals surface area contributed by atoms with Gasteiger partial charge < -0.3 is 15.8 Å². The van der Waals surface area contributed by atoms with Crippen LogP contribution in [0, 0.1) is 0 Å². The Bertz CT molecular complexity index is 384. The third kappa shape index (κ3) is 3.73. The quantitative estimate of drug-likeness (QED) is 0.821. The molecule has 0 aromatic heterocycles. The molecule has 3 nitrogen and oxygen atoms in total. The number of halogens is 1. The van der Waals surface area contributed by atoms with Crippen molar-refractivity contribution in [3.8, 4) is 0 Å². The van der Waals surface area contributed by atoms with Crippen LogP contribution >= 0.6 is 28.1 Å². The zero-order valence-corrected chi connectivity index (χ0v) is 11.7. The van der Waals surface area contributed by atoms with Crippen LogP contribution in [0.5, 0.6) is 0 Å². The molecular weight excluding hydrogens is 288 g/mol. The van der Waals surface area contributed by atoms with E-state index in [-0.39, 0.29) is 6.04 Å². The molecule has 1 aromatic rings.